The molecule has 0 bridgehead atoms. The number of aryl methyl sites for hydroxylation is 3. The second-order valence-corrected chi connectivity index (χ2v) is 6.83. The highest BCUT2D eigenvalue weighted by Gasteiger charge is 2.14. The second-order valence-electron chi connectivity index (χ2n) is 6.83. The van der Waals surface area contributed by atoms with E-state index in [1.54, 1.807) is 38.5 Å². The van der Waals surface area contributed by atoms with Crippen LogP contribution in [0.15, 0.2) is 40.9 Å². The molecule has 3 aromatic rings. The molecule has 0 unspecified atom stereocenters. The molecule has 0 aliphatic carbocycles. The monoisotopic (exact) mass is 411 g/mol. The summed E-state index contributed by atoms with van der Waals surface area (Å²) in [4.78, 5) is 12.5. The van der Waals surface area contributed by atoms with Gasteiger partial charge in [-0.1, -0.05) is 11.2 Å². The minimum absolute atomic E-state index is 0.120. The van der Waals surface area contributed by atoms with E-state index in [4.69, 9.17) is 23.5 Å². The van der Waals surface area contributed by atoms with Crippen LogP contribution in [-0.4, -0.2) is 25.3 Å². The Bertz CT molecular complexity index is 1020. The number of carbonyl (C=O) groups excluding carboxylic acids is 1. The maximum Gasteiger partial charge on any atom is 0.338 e. The highest BCUT2D eigenvalue weighted by molar-refractivity contribution is 5.89. The van der Waals surface area contributed by atoms with Crippen molar-refractivity contribution in [1.82, 2.24) is 5.16 Å². The fourth-order valence-electron chi connectivity index (χ4n) is 2.98. The topological polar surface area (TPSA) is 80.0 Å². The second kappa shape index (κ2) is 9.35. The average Bonchev–Trinajstić information content (AvgIpc) is 3.08. The van der Waals surface area contributed by atoms with Gasteiger partial charge in [0.15, 0.2) is 11.5 Å². The minimum atomic E-state index is -0.438. The van der Waals surface area contributed by atoms with E-state index in [-0.39, 0.29) is 6.61 Å². The number of nitrogens with zero attached hydrogens (tertiary/aromatic N) is 1. The van der Waals surface area contributed by atoms with E-state index in [1.807, 2.05) is 32.9 Å². The molecular formula is C23H25NO6. The Labute approximate surface area is 175 Å². The van der Waals surface area contributed by atoms with E-state index in [0.29, 0.717) is 35.2 Å². The van der Waals surface area contributed by atoms with Crippen LogP contribution in [0.5, 0.6) is 17.2 Å². The van der Waals surface area contributed by atoms with Crippen molar-refractivity contribution >= 4 is 5.97 Å². The van der Waals surface area contributed by atoms with E-state index in [9.17, 15) is 4.79 Å². The molecule has 0 fully saturated rings. The molecule has 1 heterocycles. The molecule has 0 saturated heterocycles. The molecule has 2 aromatic carbocycles. The van der Waals surface area contributed by atoms with Crippen molar-refractivity contribution in [3.63, 3.8) is 0 Å². The molecule has 158 valence electrons. The summed E-state index contributed by atoms with van der Waals surface area (Å²) in [5.41, 5.74) is 3.87. The van der Waals surface area contributed by atoms with E-state index in [1.165, 1.54) is 0 Å². The van der Waals surface area contributed by atoms with Crippen LogP contribution < -0.4 is 14.2 Å². The first-order valence-corrected chi connectivity index (χ1v) is 9.46. The highest BCUT2D eigenvalue weighted by Crippen LogP contribution is 2.30. The third kappa shape index (κ3) is 4.74. The van der Waals surface area contributed by atoms with Crippen LogP contribution in [0.1, 0.15) is 38.5 Å². The van der Waals surface area contributed by atoms with Gasteiger partial charge in [-0.2, -0.15) is 0 Å². The molecule has 30 heavy (non-hydrogen) atoms. The lowest BCUT2D eigenvalue weighted by atomic mass is 10.1. The van der Waals surface area contributed by atoms with E-state index >= 15 is 0 Å². The molecule has 0 radical (unpaired) electrons. The van der Waals surface area contributed by atoms with E-state index in [0.717, 1.165) is 22.4 Å². The minimum Gasteiger partial charge on any atom is -0.493 e. The molecule has 7 nitrogen and oxygen atoms in total. The molecule has 0 spiro atoms. The van der Waals surface area contributed by atoms with Gasteiger partial charge in [0, 0.05) is 0 Å². The zero-order chi connectivity index (χ0) is 21.7. The van der Waals surface area contributed by atoms with Gasteiger partial charge >= 0.3 is 5.97 Å². The van der Waals surface area contributed by atoms with Gasteiger partial charge in [-0.15, -0.1) is 0 Å². The van der Waals surface area contributed by atoms with E-state index < -0.39 is 5.97 Å². The Morgan fingerprint density at radius 3 is 2.40 bits per heavy atom. The van der Waals surface area contributed by atoms with Crippen molar-refractivity contribution in [2.75, 3.05) is 14.2 Å². The lowest BCUT2D eigenvalue weighted by Gasteiger charge is -2.13. The Hall–Kier alpha value is -3.48. The summed E-state index contributed by atoms with van der Waals surface area (Å²) in [6.07, 6.45) is 0. The normalized spacial score (nSPS) is 10.6. The molecule has 7 heteroatoms. The van der Waals surface area contributed by atoms with Crippen molar-refractivity contribution in [2.45, 2.75) is 34.0 Å². The summed E-state index contributed by atoms with van der Waals surface area (Å²) in [6, 6.07) is 10.5. The summed E-state index contributed by atoms with van der Waals surface area (Å²) >= 11 is 0. The molecule has 1 aromatic heterocycles. The van der Waals surface area contributed by atoms with Gasteiger partial charge in [0.05, 0.1) is 31.0 Å². The molecule has 0 amide bonds. The highest BCUT2D eigenvalue weighted by atomic mass is 16.5. The van der Waals surface area contributed by atoms with Crippen LogP contribution >= 0.6 is 0 Å². The number of methoxy groups -OCH3 is 2. The van der Waals surface area contributed by atoms with Gasteiger partial charge < -0.3 is 23.5 Å². The average molecular weight is 411 g/mol. The summed E-state index contributed by atoms with van der Waals surface area (Å²) in [6.45, 7) is 6.05. The fraction of sp³-hybridized carbons (Fsp3) is 0.304. The lowest BCUT2D eigenvalue weighted by Crippen LogP contribution is -2.07. The lowest BCUT2D eigenvalue weighted by molar-refractivity contribution is 0.0471. The molecule has 0 atom stereocenters. The van der Waals surface area contributed by atoms with Crippen molar-refractivity contribution in [3.8, 4) is 17.2 Å². The first-order valence-electron chi connectivity index (χ1n) is 9.46. The molecular weight excluding hydrogens is 386 g/mol. The van der Waals surface area contributed by atoms with Crippen molar-refractivity contribution in [2.24, 2.45) is 0 Å². The van der Waals surface area contributed by atoms with Gasteiger partial charge in [0.25, 0.3) is 0 Å². The summed E-state index contributed by atoms with van der Waals surface area (Å²) in [5, 5.41) is 3.91. The Kier molecular flexibility index (Phi) is 6.61. The summed E-state index contributed by atoms with van der Waals surface area (Å²) < 4.78 is 27.0. The van der Waals surface area contributed by atoms with E-state index in [2.05, 4.69) is 5.16 Å². The number of ether oxygens (including phenoxy) is 4. The Morgan fingerprint density at radius 2 is 1.73 bits per heavy atom. The molecule has 0 aliphatic heterocycles. The molecule has 0 aliphatic rings. The number of esters is 1. The standard InChI is InChI=1S/C23H25NO6/c1-14-9-21(26-4)22(27-5)11-18(14)12-29-23(25)17-7-6-8-19(10-17)28-13-20-15(2)24-30-16(20)3/h6-11H,12-13H2,1-5H3. The van der Waals surface area contributed by atoms with Crippen LogP contribution in [0.4, 0.5) is 0 Å². The number of rotatable bonds is 8. The van der Waals surface area contributed by atoms with Gasteiger partial charge in [-0.25, -0.2) is 4.79 Å². The quantitative estimate of drug-likeness (QED) is 0.503. The fourth-order valence-corrected chi connectivity index (χ4v) is 2.98. The molecule has 3 rings (SSSR count). The zero-order valence-corrected chi connectivity index (χ0v) is 17.8. The number of benzene rings is 2. The molecule has 0 saturated carbocycles. The van der Waals surface area contributed by atoms with Gasteiger partial charge in [-0.05, 0) is 62.2 Å². The maximum absolute atomic E-state index is 12.5. The third-order valence-corrected chi connectivity index (χ3v) is 4.84. The Morgan fingerprint density at radius 1 is 1.00 bits per heavy atom. The predicted octanol–water partition coefficient (Wildman–Crippen LogP) is 4.55. The van der Waals surface area contributed by atoms with Gasteiger partial charge in [0.2, 0.25) is 0 Å². The van der Waals surface area contributed by atoms with Crippen LogP contribution in [0.3, 0.4) is 0 Å². The number of aromatic nitrogens is 1. The number of hydrogen-bond acceptors (Lipinski definition) is 7. The van der Waals surface area contributed by atoms with Crippen LogP contribution in [0.25, 0.3) is 0 Å². The summed E-state index contributed by atoms with van der Waals surface area (Å²) in [7, 11) is 3.15. The largest absolute Gasteiger partial charge is 0.493 e. The van der Waals surface area contributed by atoms with Crippen molar-refractivity contribution in [1.29, 1.82) is 0 Å². The zero-order valence-electron chi connectivity index (χ0n) is 17.8. The van der Waals surface area contributed by atoms with Crippen LogP contribution in [0, 0.1) is 20.8 Å². The predicted molar refractivity (Wildman–Crippen MR) is 110 cm³/mol. The first kappa shape index (κ1) is 21.2. The number of hydrogen-bond donors (Lipinski definition) is 0. The first-order chi connectivity index (χ1) is 14.4. The van der Waals surface area contributed by atoms with Gasteiger partial charge in [-0.3, -0.25) is 0 Å². The van der Waals surface area contributed by atoms with Crippen LogP contribution in [0.2, 0.25) is 0 Å². The number of carbonyl (C=O) groups is 1. The SMILES string of the molecule is COc1cc(C)c(COC(=O)c2cccc(OCc3c(C)noc3C)c2)cc1OC. The Balaban J connectivity index is 1.66. The van der Waals surface area contributed by atoms with Gasteiger partial charge in [0.1, 0.15) is 24.7 Å². The maximum atomic E-state index is 12.5. The summed E-state index contributed by atoms with van der Waals surface area (Å²) in [5.74, 6) is 2.06. The molecule has 0 N–H and O–H groups in total. The van der Waals surface area contributed by atoms with Crippen molar-refractivity contribution in [3.05, 3.63) is 70.1 Å². The van der Waals surface area contributed by atoms with Crippen molar-refractivity contribution < 1.29 is 28.3 Å². The van der Waals surface area contributed by atoms with Crippen LogP contribution in [-0.2, 0) is 18.0 Å². The smallest absolute Gasteiger partial charge is 0.338 e. The third-order valence-electron chi connectivity index (χ3n) is 4.84.